The molecule has 0 radical (unpaired) electrons. The highest BCUT2D eigenvalue weighted by atomic mass is 16.6. The summed E-state index contributed by atoms with van der Waals surface area (Å²) in [6.07, 6.45) is 6.97. The van der Waals surface area contributed by atoms with E-state index < -0.39 is 18.5 Å². The van der Waals surface area contributed by atoms with Crippen LogP contribution in [-0.2, 0) is 4.74 Å². The van der Waals surface area contributed by atoms with Gasteiger partial charge in [-0.15, -0.1) is 0 Å². The fraction of sp³-hybridized carbons (Fsp3) is 0.536. The van der Waals surface area contributed by atoms with Crippen LogP contribution in [0.5, 0.6) is 0 Å². The molecule has 2 fully saturated rings. The predicted molar refractivity (Wildman–Crippen MR) is 151 cm³/mol. The molecule has 0 spiro atoms. The highest BCUT2D eigenvalue weighted by Crippen LogP contribution is 2.35. The number of piperazine rings is 1. The molecule has 1 saturated heterocycles. The van der Waals surface area contributed by atoms with Gasteiger partial charge < -0.3 is 29.3 Å². The Hall–Kier alpha value is -3.89. The fourth-order valence-electron chi connectivity index (χ4n) is 5.17. The van der Waals surface area contributed by atoms with Crippen LogP contribution < -0.4 is 10.2 Å². The summed E-state index contributed by atoms with van der Waals surface area (Å²) in [4.78, 5) is 44.0. The van der Waals surface area contributed by atoms with Crippen LogP contribution in [0.4, 0.5) is 22.2 Å². The number of nitrogens with one attached hydrogen (secondary N) is 1. The van der Waals surface area contributed by atoms with Crippen molar-refractivity contribution in [2.24, 2.45) is 0 Å². The van der Waals surface area contributed by atoms with E-state index in [1.807, 2.05) is 37.5 Å². The van der Waals surface area contributed by atoms with Crippen molar-refractivity contribution in [3.8, 4) is 0 Å². The number of fused-ring (bicyclic) bond motifs is 1. The van der Waals surface area contributed by atoms with Gasteiger partial charge in [-0.3, -0.25) is 4.79 Å². The van der Waals surface area contributed by atoms with Crippen molar-refractivity contribution in [2.75, 3.05) is 50.4 Å². The first kappa shape index (κ1) is 23.0. The summed E-state index contributed by atoms with van der Waals surface area (Å²) in [7, 11) is 1.29. The van der Waals surface area contributed by atoms with Gasteiger partial charge >= 0.3 is 6.09 Å². The van der Waals surface area contributed by atoms with Crippen molar-refractivity contribution >= 4 is 40.5 Å². The van der Waals surface area contributed by atoms with Crippen LogP contribution in [0.1, 0.15) is 67.1 Å². The second-order valence-corrected chi connectivity index (χ2v) is 11.2. The third-order valence-corrected chi connectivity index (χ3v) is 7.07. The van der Waals surface area contributed by atoms with Gasteiger partial charge in [-0.05, 0) is 51.8 Å². The van der Waals surface area contributed by atoms with Crippen molar-refractivity contribution < 1.29 is 18.4 Å². The van der Waals surface area contributed by atoms with E-state index in [0.717, 1.165) is 36.3 Å². The quantitative estimate of drug-likeness (QED) is 0.509. The summed E-state index contributed by atoms with van der Waals surface area (Å²) in [5.74, 6) is 0.315. The number of nitrogens with zero attached hydrogens (tertiary/aromatic N) is 7. The zero-order chi connectivity index (χ0) is 30.2. The predicted octanol–water partition coefficient (Wildman–Crippen LogP) is 4.44. The number of aromatic nitrogens is 4. The lowest BCUT2D eigenvalue weighted by Gasteiger charge is -2.36. The van der Waals surface area contributed by atoms with Crippen LogP contribution in [0, 0.1) is 0 Å². The van der Waals surface area contributed by atoms with Gasteiger partial charge in [-0.2, -0.15) is 4.98 Å². The molecule has 3 aromatic heterocycles. The Kier molecular flexibility index (Phi) is 6.32. The number of rotatable bonds is 5. The Morgan fingerprint density at radius 1 is 1.10 bits per heavy atom. The van der Waals surface area contributed by atoms with Crippen molar-refractivity contribution in [3.63, 3.8) is 0 Å². The van der Waals surface area contributed by atoms with Crippen LogP contribution in [0.15, 0.2) is 30.6 Å². The zero-order valence-corrected chi connectivity index (χ0v) is 23.0. The molecule has 0 unspecified atom stereocenters. The fourth-order valence-corrected chi connectivity index (χ4v) is 5.17. The molecule has 0 aromatic carbocycles. The lowest BCUT2D eigenvalue weighted by Crippen LogP contribution is -2.50. The third-order valence-electron chi connectivity index (χ3n) is 7.07. The van der Waals surface area contributed by atoms with Gasteiger partial charge in [-0.25, -0.2) is 14.8 Å². The molecule has 11 heteroatoms. The molecule has 11 nitrogen and oxygen atoms in total. The number of hydrogen-bond acceptors (Lipinski definition) is 8. The van der Waals surface area contributed by atoms with E-state index >= 15 is 0 Å². The molecule has 1 N–H and O–H groups in total. The molecule has 2 amide bonds. The van der Waals surface area contributed by atoms with E-state index in [1.165, 1.54) is 7.05 Å². The highest BCUT2D eigenvalue weighted by molar-refractivity contribution is 5.97. The van der Waals surface area contributed by atoms with Gasteiger partial charge in [0.1, 0.15) is 22.8 Å². The number of anilines is 3. The SMILES string of the molecule is [2H]C([2H])([2H])N(C)C(=O)c1cc2cnc(Nc3ccc(N4CCN(C(=O)OC(C)(C)C)CC4)cn3)nc2n1C1CCCC1. The van der Waals surface area contributed by atoms with Gasteiger partial charge in [0.15, 0.2) is 0 Å². The van der Waals surface area contributed by atoms with Gasteiger partial charge in [-0.1, -0.05) is 12.8 Å². The van der Waals surface area contributed by atoms with Crippen LogP contribution in [0.25, 0.3) is 11.0 Å². The number of carbonyl (C=O) groups is 2. The monoisotopic (exact) mass is 537 g/mol. The molecule has 1 saturated carbocycles. The largest absolute Gasteiger partial charge is 0.444 e. The van der Waals surface area contributed by atoms with Crippen molar-refractivity contribution in [1.82, 2.24) is 29.3 Å². The summed E-state index contributed by atoms with van der Waals surface area (Å²) in [6, 6.07) is 5.54. The Balaban J connectivity index is 1.31. The first-order chi connectivity index (χ1) is 19.8. The van der Waals surface area contributed by atoms with Gasteiger partial charge in [0, 0.05) is 61.9 Å². The van der Waals surface area contributed by atoms with Crippen LogP contribution in [0.3, 0.4) is 0 Å². The first-order valence-corrected chi connectivity index (χ1v) is 13.4. The molecule has 2 aliphatic rings. The summed E-state index contributed by atoms with van der Waals surface area (Å²) in [5, 5.41) is 3.82. The van der Waals surface area contributed by atoms with Crippen LogP contribution >= 0.6 is 0 Å². The minimum Gasteiger partial charge on any atom is -0.444 e. The van der Waals surface area contributed by atoms with Crippen molar-refractivity contribution in [3.05, 3.63) is 36.3 Å². The molecule has 5 rings (SSSR count). The summed E-state index contributed by atoms with van der Waals surface area (Å²) < 4.78 is 30.4. The lowest BCUT2D eigenvalue weighted by molar-refractivity contribution is 0.0240. The number of carbonyl (C=O) groups excluding carboxylic acids is 2. The topological polar surface area (TPSA) is 109 Å². The molecule has 1 aliphatic heterocycles. The minimum atomic E-state index is -2.55. The van der Waals surface area contributed by atoms with Crippen LogP contribution in [-0.4, -0.2) is 87.1 Å². The van der Waals surface area contributed by atoms with E-state index in [-0.39, 0.29) is 12.1 Å². The van der Waals surface area contributed by atoms with Gasteiger partial charge in [0.25, 0.3) is 5.91 Å². The van der Waals surface area contributed by atoms with Gasteiger partial charge in [0.05, 0.1) is 11.9 Å². The molecule has 4 heterocycles. The van der Waals surface area contributed by atoms with Crippen LogP contribution in [0.2, 0.25) is 0 Å². The second kappa shape index (κ2) is 10.7. The average molecular weight is 538 g/mol. The Labute approximate surface area is 233 Å². The normalized spacial score (nSPS) is 18.0. The number of ether oxygens (including phenoxy) is 1. The molecule has 1 aliphatic carbocycles. The molecule has 39 heavy (non-hydrogen) atoms. The van der Waals surface area contributed by atoms with E-state index in [4.69, 9.17) is 13.8 Å². The molecular formula is C28H38N8O3. The molecule has 3 aromatic rings. The highest BCUT2D eigenvalue weighted by Gasteiger charge is 2.27. The maximum atomic E-state index is 13.2. The maximum Gasteiger partial charge on any atom is 0.410 e. The Morgan fingerprint density at radius 3 is 2.49 bits per heavy atom. The van der Waals surface area contributed by atoms with Gasteiger partial charge in [0.2, 0.25) is 5.95 Å². The van der Waals surface area contributed by atoms with E-state index in [2.05, 4.69) is 20.2 Å². The first-order valence-electron chi connectivity index (χ1n) is 14.9. The van der Waals surface area contributed by atoms with E-state index in [1.54, 1.807) is 23.4 Å². The summed E-state index contributed by atoms with van der Waals surface area (Å²) in [5.41, 5.74) is 1.31. The molecular weight excluding hydrogens is 496 g/mol. The Morgan fingerprint density at radius 2 is 1.85 bits per heavy atom. The number of pyridine rings is 1. The lowest BCUT2D eigenvalue weighted by atomic mass is 10.2. The Bertz CT molecular complexity index is 1440. The maximum absolute atomic E-state index is 13.2. The smallest absolute Gasteiger partial charge is 0.410 e. The zero-order valence-electron chi connectivity index (χ0n) is 26.0. The minimum absolute atomic E-state index is 0.0578. The molecule has 0 atom stereocenters. The number of hydrogen-bond donors (Lipinski definition) is 1. The third kappa shape index (κ3) is 5.91. The summed E-state index contributed by atoms with van der Waals surface area (Å²) >= 11 is 0. The second-order valence-electron chi connectivity index (χ2n) is 11.2. The standard InChI is InChI=1S/C28H38N8O3/c1-28(2,3)39-27(38)35-14-12-34(13-15-35)21-10-11-23(29-18-21)31-26-30-17-19-16-22(25(37)33(4)5)36(24(19)32-26)20-8-6-7-9-20/h10-11,16-18,20H,6-9,12-15H2,1-5H3,(H,29,30,31,32)/i4D3. The average Bonchev–Trinajstić information content (AvgIpc) is 3.59. The number of amides is 2. The van der Waals surface area contributed by atoms with E-state index in [9.17, 15) is 9.59 Å². The molecule has 208 valence electrons. The van der Waals surface area contributed by atoms with E-state index in [0.29, 0.717) is 54.7 Å². The van der Waals surface area contributed by atoms with Crippen molar-refractivity contribution in [1.29, 1.82) is 0 Å². The molecule has 0 bridgehead atoms. The van der Waals surface area contributed by atoms with Crippen molar-refractivity contribution in [2.45, 2.75) is 58.1 Å². The summed E-state index contributed by atoms with van der Waals surface area (Å²) in [6.45, 7) is 5.51.